The number of aromatic nitrogens is 2. The zero-order valence-corrected chi connectivity index (χ0v) is 10.5. The summed E-state index contributed by atoms with van der Waals surface area (Å²) >= 11 is 6.01. The second-order valence-electron chi connectivity index (χ2n) is 3.98. The SMILES string of the molecule is Cn1ccc(=O)n(Cc2cc(N)ccc2Cl)c1=O. The molecule has 2 rings (SSSR count). The van der Waals surface area contributed by atoms with Crippen LogP contribution in [0.25, 0.3) is 0 Å². The van der Waals surface area contributed by atoms with Crippen LogP contribution in [0.1, 0.15) is 5.56 Å². The lowest BCUT2D eigenvalue weighted by Crippen LogP contribution is -2.38. The molecule has 0 fully saturated rings. The second kappa shape index (κ2) is 4.70. The molecule has 6 heteroatoms. The average molecular weight is 266 g/mol. The topological polar surface area (TPSA) is 70.0 Å². The van der Waals surface area contributed by atoms with Gasteiger partial charge in [-0.2, -0.15) is 0 Å². The van der Waals surface area contributed by atoms with E-state index < -0.39 is 0 Å². The summed E-state index contributed by atoms with van der Waals surface area (Å²) in [6, 6.07) is 6.30. The van der Waals surface area contributed by atoms with Gasteiger partial charge in [-0.05, 0) is 23.8 Å². The first-order valence-electron chi connectivity index (χ1n) is 5.29. The number of halogens is 1. The predicted octanol–water partition coefficient (Wildman–Crippen LogP) is 0.831. The highest BCUT2D eigenvalue weighted by molar-refractivity contribution is 6.31. The lowest BCUT2D eigenvalue weighted by atomic mass is 10.2. The number of hydrogen-bond donors (Lipinski definition) is 1. The molecule has 0 atom stereocenters. The summed E-state index contributed by atoms with van der Waals surface area (Å²) in [5.74, 6) is 0. The molecule has 0 amide bonds. The van der Waals surface area contributed by atoms with Gasteiger partial charge < -0.3 is 10.3 Å². The zero-order valence-electron chi connectivity index (χ0n) is 9.76. The first-order chi connectivity index (χ1) is 8.49. The molecule has 2 aromatic rings. The molecule has 0 bridgehead atoms. The minimum atomic E-state index is -0.388. The van der Waals surface area contributed by atoms with E-state index in [2.05, 4.69) is 0 Å². The van der Waals surface area contributed by atoms with Gasteiger partial charge >= 0.3 is 5.69 Å². The number of benzene rings is 1. The third kappa shape index (κ3) is 2.31. The minimum absolute atomic E-state index is 0.107. The molecular formula is C12H12ClN3O2. The van der Waals surface area contributed by atoms with Crippen molar-refractivity contribution >= 4 is 17.3 Å². The highest BCUT2D eigenvalue weighted by atomic mass is 35.5. The number of nitrogens with two attached hydrogens (primary N) is 1. The number of rotatable bonds is 2. The Kier molecular flexibility index (Phi) is 3.25. The van der Waals surface area contributed by atoms with E-state index in [9.17, 15) is 9.59 Å². The summed E-state index contributed by atoms with van der Waals surface area (Å²) in [4.78, 5) is 23.5. The van der Waals surface area contributed by atoms with Gasteiger partial charge in [-0.25, -0.2) is 4.79 Å². The van der Waals surface area contributed by atoms with Gasteiger partial charge in [0.15, 0.2) is 0 Å². The molecule has 1 aromatic carbocycles. The number of aryl methyl sites for hydroxylation is 1. The van der Waals surface area contributed by atoms with Gasteiger partial charge in [0, 0.05) is 30.0 Å². The van der Waals surface area contributed by atoms with Crippen molar-refractivity contribution in [2.45, 2.75) is 6.54 Å². The fourth-order valence-electron chi connectivity index (χ4n) is 1.65. The maximum atomic E-state index is 11.8. The van der Waals surface area contributed by atoms with E-state index in [1.165, 1.54) is 16.8 Å². The van der Waals surface area contributed by atoms with Crippen molar-refractivity contribution in [1.29, 1.82) is 0 Å². The van der Waals surface area contributed by atoms with E-state index in [0.29, 0.717) is 16.3 Å². The molecule has 2 N–H and O–H groups in total. The highest BCUT2D eigenvalue weighted by Crippen LogP contribution is 2.18. The van der Waals surface area contributed by atoms with Gasteiger partial charge in [-0.3, -0.25) is 9.36 Å². The smallest absolute Gasteiger partial charge is 0.331 e. The van der Waals surface area contributed by atoms with Crippen LogP contribution in [0.5, 0.6) is 0 Å². The third-order valence-electron chi connectivity index (χ3n) is 2.64. The molecule has 0 saturated carbocycles. The van der Waals surface area contributed by atoms with Crippen LogP contribution in [-0.4, -0.2) is 9.13 Å². The van der Waals surface area contributed by atoms with Crippen LogP contribution in [0.2, 0.25) is 5.02 Å². The van der Waals surface area contributed by atoms with Gasteiger partial charge in [0.05, 0.1) is 6.54 Å². The summed E-state index contributed by atoms with van der Waals surface area (Å²) in [6.45, 7) is 0.107. The van der Waals surface area contributed by atoms with E-state index in [-0.39, 0.29) is 17.8 Å². The molecule has 0 aliphatic rings. The van der Waals surface area contributed by atoms with Crippen molar-refractivity contribution < 1.29 is 0 Å². The van der Waals surface area contributed by atoms with Crippen LogP contribution >= 0.6 is 11.6 Å². The number of nitrogens with zero attached hydrogens (tertiary/aromatic N) is 2. The van der Waals surface area contributed by atoms with Crippen molar-refractivity contribution in [3.05, 3.63) is 61.9 Å². The fraction of sp³-hybridized carbons (Fsp3) is 0.167. The number of anilines is 1. The minimum Gasteiger partial charge on any atom is -0.399 e. The lowest BCUT2D eigenvalue weighted by Gasteiger charge is -2.08. The monoisotopic (exact) mass is 265 g/mol. The molecule has 0 saturated heterocycles. The Morgan fingerprint density at radius 3 is 2.72 bits per heavy atom. The summed E-state index contributed by atoms with van der Waals surface area (Å²) < 4.78 is 2.45. The first kappa shape index (κ1) is 12.4. The predicted molar refractivity (Wildman–Crippen MR) is 70.9 cm³/mol. The Morgan fingerprint density at radius 2 is 2.00 bits per heavy atom. The van der Waals surface area contributed by atoms with Gasteiger partial charge in [0.1, 0.15) is 0 Å². The fourth-order valence-corrected chi connectivity index (χ4v) is 1.82. The highest BCUT2D eigenvalue weighted by Gasteiger charge is 2.07. The van der Waals surface area contributed by atoms with Crippen LogP contribution in [0.4, 0.5) is 5.69 Å². The molecule has 5 nitrogen and oxygen atoms in total. The normalized spacial score (nSPS) is 10.6. The third-order valence-corrected chi connectivity index (χ3v) is 3.01. The van der Waals surface area contributed by atoms with Crippen LogP contribution in [-0.2, 0) is 13.6 Å². The van der Waals surface area contributed by atoms with Crippen LogP contribution < -0.4 is 17.0 Å². The summed E-state index contributed by atoms with van der Waals surface area (Å²) in [5.41, 5.74) is 6.08. The van der Waals surface area contributed by atoms with E-state index in [0.717, 1.165) is 4.57 Å². The van der Waals surface area contributed by atoms with E-state index in [4.69, 9.17) is 17.3 Å². The summed E-state index contributed by atoms with van der Waals surface area (Å²) in [6.07, 6.45) is 1.43. The van der Waals surface area contributed by atoms with Crippen molar-refractivity contribution in [1.82, 2.24) is 9.13 Å². The van der Waals surface area contributed by atoms with Gasteiger partial charge in [0.2, 0.25) is 0 Å². The summed E-state index contributed by atoms with van der Waals surface area (Å²) in [7, 11) is 1.58. The molecule has 18 heavy (non-hydrogen) atoms. The molecule has 0 radical (unpaired) electrons. The largest absolute Gasteiger partial charge is 0.399 e. The molecular weight excluding hydrogens is 254 g/mol. The molecule has 94 valence electrons. The standard InChI is InChI=1S/C12H12ClN3O2/c1-15-5-4-11(17)16(12(15)18)7-8-6-9(14)2-3-10(8)13/h2-6H,7,14H2,1H3. The molecule has 1 heterocycles. The van der Waals surface area contributed by atoms with E-state index >= 15 is 0 Å². The van der Waals surface area contributed by atoms with E-state index in [1.807, 2.05) is 0 Å². The molecule has 0 aliphatic carbocycles. The molecule has 0 spiro atoms. The van der Waals surface area contributed by atoms with Gasteiger partial charge in [-0.15, -0.1) is 0 Å². The van der Waals surface area contributed by atoms with Crippen LogP contribution in [0.15, 0.2) is 40.1 Å². The quantitative estimate of drug-likeness (QED) is 0.818. The average Bonchev–Trinajstić information content (AvgIpc) is 2.34. The van der Waals surface area contributed by atoms with Crippen LogP contribution in [0, 0.1) is 0 Å². The van der Waals surface area contributed by atoms with Gasteiger partial charge in [0.25, 0.3) is 5.56 Å². The maximum absolute atomic E-state index is 11.8. The second-order valence-corrected chi connectivity index (χ2v) is 4.39. The lowest BCUT2D eigenvalue weighted by molar-refractivity contribution is 0.640. The summed E-state index contributed by atoms with van der Waals surface area (Å²) in [5, 5.41) is 0.474. The Labute approximate surface area is 108 Å². The Balaban J connectivity index is 2.53. The Morgan fingerprint density at radius 1 is 1.28 bits per heavy atom. The molecule has 1 aromatic heterocycles. The number of nitrogen functional groups attached to an aromatic ring is 1. The van der Waals surface area contributed by atoms with E-state index in [1.54, 1.807) is 25.2 Å². The van der Waals surface area contributed by atoms with Crippen molar-refractivity contribution in [2.24, 2.45) is 7.05 Å². The Hall–Kier alpha value is -2.01. The van der Waals surface area contributed by atoms with Crippen molar-refractivity contribution in [2.75, 3.05) is 5.73 Å². The van der Waals surface area contributed by atoms with Crippen molar-refractivity contribution in [3.8, 4) is 0 Å². The van der Waals surface area contributed by atoms with Crippen molar-refractivity contribution in [3.63, 3.8) is 0 Å². The Bertz CT molecular complexity index is 703. The molecule has 0 unspecified atom stereocenters. The van der Waals surface area contributed by atoms with Crippen LogP contribution in [0.3, 0.4) is 0 Å². The zero-order chi connectivity index (χ0) is 13.3. The number of hydrogen-bond acceptors (Lipinski definition) is 3. The van der Waals surface area contributed by atoms with Gasteiger partial charge in [-0.1, -0.05) is 11.6 Å². The maximum Gasteiger partial charge on any atom is 0.331 e. The first-order valence-corrected chi connectivity index (χ1v) is 5.67. The molecule has 0 aliphatic heterocycles.